The number of alkyl halides is 3. The Morgan fingerprint density at radius 2 is 2.00 bits per heavy atom. The third kappa shape index (κ3) is 3.99. The molecule has 0 aromatic heterocycles. The first-order valence-electron chi connectivity index (χ1n) is 4.55. The van der Waals surface area contributed by atoms with Crippen molar-refractivity contribution in [3.63, 3.8) is 0 Å². The van der Waals surface area contributed by atoms with E-state index in [4.69, 9.17) is 5.73 Å². The predicted octanol–water partition coefficient (Wildman–Crippen LogP) is 3.82. The van der Waals surface area contributed by atoms with Gasteiger partial charge in [-0.2, -0.15) is 13.2 Å². The summed E-state index contributed by atoms with van der Waals surface area (Å²) >= 11 is 3.95. The van der Waals surface area contributed by atoms with Gasteiger partial charge in [-0.25, -0.2) is 0 Å². The van der Waals surface area contributed by atoms with Gasteiger partial charge in [-0.3, -0.25) is 0 Å². The molecule has 0 heterocycles. The van der Waals surface area contributed by atoms with Crippen molar-refractivity contribution in [1.82, 2.24) is 0 Å². The van der Waals surface area contributed by atoms with E-state index in [1.54, 1.807) is 24.3 Å². The summed E-state index contributed by atoms with van der Waals surface area (Å²) in [6.45, 7) is 1.36. The molecule has 0 aliphatic carbocycles. The van der Waals surface area contributed by atoms with Gasteiger partial charge in [0.25, 0.3) is 0 Å². The topological polar surface area (TPSA) is 26.0 Å². The highest BCUT2D eigenvalue weighted by atomic mass is 79.9. The molecular weight excluding hydrogens is 303 g/mol. The number of hydrogen-bond donors (Lipinski definition) is 1. The molecule has 0 bridgehead atoms. The average molecular weight is 314 g/mol. The lowest BCUT2D eigenvalue weighted by Gasteiger charge is -2.23. The number of hydrogen-bond acceptors (Lipinski definition) is 2. The van der Waals surface area contributed by atoms with Gasteiger partial charge >= 0.3 is 6.18 Å². The lowest BCUT2D eigenvalue weighted by Crippen LogP contribution is -2.40. The van der Waals surface area contributed by atoms with Crippen molar-refractivity contribution in [1.29, 1.82) is 0 Å². The van der Waals surface area contributed by atoms with Crippen LogP contribution in [0.2, 0.25) is 0 Å². The van der Waals surface area contributed by atoms with E-state index in [0.29, 0.717) is 4.90 Å². The lowest BCUT2D eigenvalue weighted by atomic mass is 10.2. The lowest BCUT2D eigenvalue weighted by molar-refractivity contribution is -0.131. The molecule has 6 heteroatoms. The first-order valence-corrected chi connectivity index (χ1v) is 6.22. The highest BCUT2D eigenvalue weighted by molar-refractivity contribution is 9.10. The van der Waals surface area contributed by atoms with Crippen LogP contribution in [0.15, 0.2) is 33.6 Å². The third-order valence-corrected chi connectivity index (χ3v) is 3.83. The van der Waals surface area contributed by atoms with E-state index in [1.807, 2.05) is 0 Å². The zero-order valence-corrected chi connectivity index (χ0v) is 10.9. The molecule has 1 nitrogen and oxygen atoms in total. The van der Waals surface area contributed by atoms with Crippen LogP contribution in [0.1, 0.15) is 6.92 Å². The fourth-order valence-corrected chi connectivity index (χ4v) is 2.70. The van der Waals surface area contributed by atoms with Crippen LogP contribution < -0.4 is 5.73 Å². The van der Waals surface area contributed by atoms with Gasteiger partial charge in [0.1, 0.15) is 5.25 Å². The Morgan fingerprint density at radius 1 is 1.38 bits per heavy atom. The van der Waals surface area contributed by atoms with Crippen molar-refractivity contribution in [3.05, 3.63) is 28.7 Å². The fourth-order valence-electron chi connectivity index (χ4n) is 1.16. The summed E-state index contributed by atoms with van der Waals surface area (Å²) in [6, 6.07) is 5.80. The summed E-state index contributed by atoms with van der Waals surface area (Å²) in [7, 11) is 0. The maximum absolute atomic E-state index is 12.6. The fraction of sp³-hybridized carbons (Fsp3) is 0.400. The van der Waals surface area contributed by atoms with E-state index < -0.39 is 17.5 Å². The number of halogens is 4. The zero-order chi connectivity index (χ0) is 12.3. The van der Waals surface area contributed by atoms with Crippen LogP contribution in [0.4, 0.5) is 13.2 Å². The molecule has 2 N–H and O–H groups in total. The van der Waals surface area contributed by atoms with Crippen molar-refractivity contribution in [2.75, 3.05) is 0 Å². The third-order valence-electron chi connectivity index (χ3n) is 1.86. The van der Waals surface area contributed by atoms with Crippen molar-refractivity contribution in [2.45, 2.75) is 29.3 Å². The summed E-state index contributed by atoms with van der Waals surface area (Å²) in [5.74, 6) is 0. The second kappa shape index (κ2) is 5.42. The largest absolute Gasteiger partial charge is 0.402 e. The summed E-state index contributed by atoms with van der Waals surface area (Å²) < 4.78 is 38.7. The molecule has 1 aromatic carbocycles. The van der Waals surface area contributed by atoms with Crippen LogP contribution in [-0.4, -0.2) is 17.5 Å². The summed E-state index contributed by atoms with van der Waals surface area (Å²) in [5, 5.41) is -1.58. The van der Waals surface area contributed by atoms with Gasteiger partial charge in [0.15, 0.2) is 0 Å². The van der Waals surface area contributed by atoms with Crippen LogP contribution in [0.3, 0.4) is 0 Å². The van der Waals surface area contributed by atoms with Gasteiger partial charge in [-0.05, 0) is 25.1 Å². The molecule has 16 heavy (non-hydrogen) atoms. The molecule has 2 atom stereocenters. The van der Waals surface area contributed by atoms with Crippen LogP contribution in [0, 0.1) is 0 Å². The molecule has 1 rings (SSSR count). The standard InChI is InChI=1S/C10H11BrF3NS/c1-6(15)9(10(12,13)14)16-8-4-2-3-7(11)5-8/h2-6,9H,15H2,1H3. The van der Waals surface area contributed by atoms with Crippen LogP contribution in [0.5, 0.6) is 0 Å². The molecule has 0 saturated carbocycles. The first-order chi connectivity index (χ1) is 7.30. The van der Waals surface area contributed by atoms with E-state index in [0.717, 1.165) is 16.2 Å². The Hall–Kier alpha value is -0.200. The number of rotatable bonds is 3. The Kier molecular flexibility index (Phi) is 4.70. The second-order valence-electron chi connectivity index (χ2n) is 3.40. The summed E-state index contributed by atoms with van der Waals surface area (Å²) in [4.78, 5) is 0.550. The van der Waals surface area contributed by atoms with E-state index in [9.17, 15) is 13.2 Å². The minimum absolute atomic E-state index is 0.550. The minimum atomic E-state index is -4.29. The molecule has 0 radical (unpaired) electrons. The quantitative estimate of drug-likeness (QED) is 0.858. The van der Waals surface area contributed by atoms with E-state index in [1.165, 1.54) is 6.92 Å². The van der Waals surface area contributed by atoms with Crippen LogP contribution in [-0.2, 0) is 0 Å². The van der Waals surface area contributed by atoms with Gasteiger partial charge in [-0.1, -0.05) is 22.0 Å². The minimum Gasteiger partial charge on any atom is -0.327 e. The second-order valence-corrected chi connectivity index (χ2v) is 5.53. The normalized spacial score (nSPS) is 15.9. The van der Waals surface area contributed by atoms with Crippen molar-refractivity contribution in [2.24, 2.45) is 5.73 Å². The van der Waals surface area contributed by atoms with Gasteiger partial charge in [-0.15, -0.1) is 11.8 Å². The zero-order valence-electron chi connectivity index (χ0n) is 8.46. The molecule has 90 valence electrons. The highest BCUT2D eigenvalue weighted by Gasteiger charge is 2.42. The maximum atomic E-state index is 12.6. The smallest absolute Gasteiger partial charge is 0.327 e. The molecule has 0 fully saturated rings. The Bertz CT molecular complexity index is 354. The van der Waals surface area contributed by atoms with E-state index in [2.05, 4.69) is 15.9 Å². The van der Waals surface area contributed by atoms with Gasteiger partial charge in [0.05, 0.1) is 0 Å². The van der Waals surface area contributed by atoms with E-state index in [-0.39, 0.29) is 0 Å². The van der Waals surface area contributed by atoms with Crippen LogP contribution in [0.25, 0.3) is 0 Å². The Balaban J connectivity index is 2.84. The van der Waals surface area contributed by atoms with Gasteiger partial charge < -0.3 is 5.73 Å². The monoisotopic (exact) mass is 313 g/mol. The molecular formula is C10H11BrF3NS. The van der Waals surface area contributed by atoms with Crippen molar-refractivity contribution >= 4 is 27.7 Å². The first kappa shape index (κ1) is 13.9. The maximum Gasteiger partial charge on any atom is 0.402 e. The van der Waals surface area contributed by atoms with Crippen LogP contribution >= 0.6 is 27.7 Å². The average Bonchev–Trinajstić information content (AvgIpc) is 2.12. The Labute approximate surface area is 105 Å². The molecule has 0 saturated heterocycles. The van der Waals surface area contributed by atoms with E-state index >= 15 is 0 Å². The molecule has 0 aliphatic rings. The summed E-state index contributed by atoms with van der Waals surface area (Å²) in [5.41, 5.74) is 5.36. The number of thioether (sulfide) groups is 1. The summed E-state index contributed by atoms with van der Waals surface area (Å²) in [6.07, 6.45) is -4.29. The van der Waals surface area contributed by atoms with Gasteiger partial charge in [0, 0.05) is 15.4 Å². The SMILES string of the molecule is CC(N)C(Sc1cccc(Br)c1)C(F)(F)F. The molecule has 2 unspecified atom stereocenters. The van der Waals surface area contributed by atoms with Crippen molar-refractivity contribution in [3.8, 4) is 0 Å². The number of benzene rings is 1. The highest BCUT2D eigenvalue weighted by Crippen LogP contribution is 2.37. The molecule has 1 aromatic rings. The Morgan fingerprint density at radius 3 is 2.44 bits per heavy atom. The molecule has 0 aliphatic heterocycles. The predicted molar refractivity (Wildman–Crippen MR) is 63.5 cm³/mol. The molecule has 0 spiro atoms. The number of nitrogens with two attached hydrogens (primary N) is 1. The van der Waals surface area contributed by atoms with Crippen molar-refractivity contribution < 1.29 is 13.2 Å². The molecule has 0 amide bonds. The van der Waals surface area contributed by atoms with Gasteiger partial charge in [0.2, 0.25) is 0 Å².